The molecule has 0 aliphatic heterocycles. The fraction of sp³-hybridized carbons (Fsp3) is 0.176. The molecule has 0 atom stereocenters. The number of benzene rings is 2. The first-order valence-electron chi connectivity index (χ1n) is 7.09. The zero-order chi connectivity index (χ0) is 16.2. The van der Waals surface area contributed by atoms with Crippen LogP contribution in [0.2, 0.25) is 0 Å². The Bertz CT molecular complexity index is 822. The van der Waals surface area contributed by atoms with Gasteiger partial charge in [-0.15, -0.1) is 0 Å². The van der Waals surface area contributed by atoms with Gasteiger partial charge < -0.3 is 13.9 Å². The first kappa shape index (κ1) is 14.9. The Labute approximate surface area is 133 Å². The number of oxazole rings is 1. The third-order valence-corrected chi connectivity index (χ3v) is 3.41. The Balaban J connectivity index is 1.84. The maximum atomic E-state index is 5.57. The molecule has 6 nitrogen and oxygen atoms in total. The van der Waals surface area contributed by atoms with Crippen LogP contribution in [0.5, 0.6) is 11.5 Å². The van der Waals surface area contributed by atoms with E-state index in [4.69, 9.17) is 13.9 Å². The molecule has 0 fully saturated rings. The lowest BCUT2D eigenvalue weighted by Gasteiger charge is -2.09. The molecule has 6 heteroatoms. The summed E-state index contributed by atoms with van der Waals surface area (Å²) in [6.45, 7) is 1.87. The van der Waals surface area contributed by atoms with E-state index in [9.17, 15) is 0 Å². The van der Waals surface area contributed by atoms with E-state index in [1.165, 1.54) is 0 Å². The fourth-order valence-corrected chi connectivity index (χ4v) is 2.21. The van der Waals surface area contributed by atoms with Gasteiger partial charge in [0.05, 0.1) is 19.9 Å². The summed E-state index contributed by atoms with van der Waals surface area (Å²) in [7, 11) is 3.23. The predicted molar refractivity (Wildman–Crippen MR) is 89.4 cm³/mol. The number of hydrogen-bond acceptors (Lipinski definition) is 6. The van der Waals surface area contributed by atoms with Crippen LogP contribution in [0.3, 0.4) is 0 Å². The van der Waals surface area contributed by atoms with Gasteiger partial charge in [0.1, 0.15) is 17.0 Å². The molecular formula is C17H17N3O3. The highest BCUT2D eigenvalue weighted by atomic mass is 16.5. The second-order valence-electron chi connectivity index (χ2n) is 4.86. The van der Waals surface area contributed by atoms with Gasteiger partial charge in [-0.3, -0.25) is 0 Å². The first-order valence-corrected chi connectivity index (χ1v) is 7.09. The summed E-state index contributed by atoms with van der Waals surface area (Å²) in [5.74, 6) is 1.41. The lowest BCUT2D eigenvalue weighted by atomic mass is 10.1. The monoisotopic (exact) mass is 311 g/mol. The van der Waals surface area contributed by atoms with Crippen LogP contribution in [0, 0.1) is 0 Å². The van der Waals surface area contributed by atoms with Gasteiger partial charge in [-0.05, 0) is 31.2 Å². The fourth-order valence-electron chi connectivity index (χ4n) is 2.21. The minimum absolute atomic E-state index is 0.345. The van der Waals surface area contributed by atoms with E-state index in [0.29, 0.717) is 17.3 Å². The number of fused-ring (bicyclic) bond motifs is 1. The van der Waals surface area contributed by atoms with E-state index in [2.05, 4.69) is 15.5 Å². The molecule has 0 amide bonds. The number of anilines is 1. The number of para-hydroxylation sites is 2. The highest BCUT2D eigenvalue weighted by Crippen LogP contribution is 2.25. The quantitative estimate of drug-likeness (QED) is 0.575. The van der Waals surface area contributed by atoms with Crippen LogP contribution < -0.4 is 14.9 Å². The Morgan fingerprint density at radius 3 is 2.70 bits per heavy atom. The Morgan fingerprint density at radius 1 is 1.13 bits per heavy atom. The van der Waals surface area contributed by atoms with Crippen LogP contribution in [-0.4, -0.2) is 24.9 Å². The molecule has 3 aromatic rings. The molecule has 23 heavy (non-hydrogen) atoms. The molecule has 118 valence electrons. The van der Waals surface area contributed by atoms with Gasteiger partial charge >= 0.3 is 6.01 Å². The van der Waals surface area contributed by atoms with Gasteiger partial charge in [0.2, 0.25) is 0 Å². The number of ether oxygens (including phenoxy) is 2. The molecule has 0 aliphatic rings. The minimum Gasteiger partial charge on any atom is -0.497 e. The molecule has 0 radical (unpaired) electrons. The first-order chi connectivity index (χ1) is 11.2. The SMILES string of the molecule is COc1ccc(/C(C)=N\Nc2nc3ccccc3o2)c(OC)c1. The highest BCUT2D eigenvalue weighted by Gasteiger charge is 2.09. The van der Waals surface area contributed by atoms with E-state index in [0.717, 1.165) is 22.5 Å². The summed E-state index contributed by atoms with van der Waals surface area (Å²) in [4.78, 5) is 4.31. The maximum Gasteiger partial charge on any atom is 0.316 e. The summed E-state index contributed by atoms with van der Waals surface area (Å²) in [6.07, 6.45) is 0. The summed E-state index contributed by atoms with van der Waals surface area (Å²) in [5.41, 5.74) is 5.93. The largest absolute Gasteiger partial charge is 0.497 e. The van der Waals surface area contributed by atoms with Gasteiger partial charge in [0.15, 0.2) is 5.58 Å². The number of aromatic nitrogens is 1. The molecule has 0 bridgehead atoms. The third kappa shape index (κ3) is 3.11. The average molecular weight is 311 g/mol. The molecule has 0 unspecified atom stereocenters. The van der Waals surface area contributed by atoms with Gasteiger partial charge in [0.25, 0.3) is 0 Å². The van der Waals surface area contributed by atoms with Gasteiger partial charge in [0, 0.05) is 11.6 Å². The molecular weight excluding hydrogens is 294 g/mol. The standard InChI is InChI=1S/C17H17N3O3/c1-11(13-9-8-12(21-2)10-16(13)22-3)19-20-17-18-14-6-4-5-7-15(14)23-17/h4-10H,1-3H3,(H,18,20)/b19-11-. The van der Waals surface area contributed by atoms with Crippen molar-refractivity contribution >= 4 is 22.8 Å². The number of nitrogens with zero attached hydrogens (tertiary/aromatic N) is 2. The topological polar surface area (TPSA) is 68.9 Å². The lowest BCUT2D eigenvalue weighted by molar-refractivity contribution is 0.394. The van der Waals surface area contributed by atoms with Crippen molar-refractivity contribution in [2.24, 2.45) is 5.10 Å². The Morgan fingerprint density at radius 2 is 1.96 bits per heavy atom. The van der Waals surface area contributed by atoms with Crippen molar-refractivity contribution in [2.75, 3.05) is 19.6 Å². The Hall–Kier alpha value is -3.02. The number of hydrazone groups is 1. The van der Waals surface area contributed by atoms with E-state index in [-0.39, 0.29) is 0 Å². The normalized spacial score (nSPS) is 11.5. The van der Waals surface area contributed by atoms with Crippen LogP contribution in [0.4, 0.5) is 6.01 Å². The average Bonchev–Trinajstić information content (AvgIpc) is 3.02. The lowest BCUT2D eigenvalue weighted by Crippen LogP contribution is -2.03. The molecule has 0 saturated heterocycles. The van der Waals surface area contributed by atoms with Crippen molar-refractivity contribution in [2.45, 2.75) is 6.92 Å². The molecule has 3 rings (SSSR count). The van der Waals surface area contributed by atoms with Crippen LogP contribution >= 0.6 is 0 Å². The smallest absolute Gasteiger partial charge is 0.316 e. The maximum absolute atomic E-state index is 5.57. The van der Waals surface area contributed by atoms with E-state index in [1.54, 1.807) is 14.2 Å². The summed E-state index contributed by atoms with van der Waals surface area (Å²) >= 11 is 0. The summed E-state index contributed by atoms with van der Waals surface area (Å²) in [5, 5.41) is 4.31. The van der Waals surface area contributed by atoms with Crippen molar-refractivity contribution in [3.05, 3.63) is 48.0 Å². The predicted octanol–water partition coefficient (Wildman–Crippen LogP) is 3.68. The second-order valence-corrected chi connectivity index (χ2v) is 4.86. The van der Waals surface area contributed by atoms with E-state index >= 15 is 0 Å². The Kier molecular flexibility index (Phi) is 4.14. The van der Waals surface area contributed by atoms with Crippen LogP contribution in [0.1, 0.15) is 12.5 Å². The van der Waals surface area contributed by atoms with Gasteiger partial charge in [-0.25, -0.2) is 5.43 Å². The number of methoxy groups -OCH3 is 2. The van der Waals surface area contributed by atoms with Crippen molar-refractivity contribution < 1.29 is 13.9 Å². The van der Waals surface area contributed by atoms with E-state index < -0.39 is 0 Å². The zero-order valence-corrected chi connectivity index (χ0v) is 13.2. The molecule has 0 saturated carbocycles. The number of rotatable bonds is 5. The number of nitrogens with one attached hydrogen (secondary N) is 1. The molecule has 1 aromatic heterocycles. The number of hydrogen-bond donors (Lipinski definition) is 1. The van der Waals surface area contributed by atoms with Crippen molar-refractivity contribution in [3.63, 3.8) is 0 Å². The van der Waals surface area contributed by atoms with Gasteiger partial charge in [-0.1, -0.05) is 12.1 Å². The minimum atomic E-state index is 0.345. The summed E-state index contributed by atoms with van der Waals surface area (Å²) in [6, 6.07) is 13.5. The molecule has 1 N–H and O–H groups in total. The summed E-state index contributed by atoms with van der Waals surface area (Å²) < 4.78 is 16.1. The third-order valence-electron chi connectivity index (χ3n) is 3.41. The molecule has 2 aromatic carbocycles. The van der Waals surface area contributed by atoms with E-state index in [1.807, 2.05) is 49.4 Å². The van der Waals surface area contributed by atoms with Crippen molar-refractivity contribution in [1.82, 2.24) is 4.98 Å². The molecule has 1 heterocycles. The van der Waals surface area contributed by atoms with Crippen molar-refractivity contribution in [3.8, 4) is 11.5 Å². The van der Waals surface area contributed by atoms with Crippen LogP contribution in [0.15, 0.2) is 52.0 Å². The zero-order valence-electron chi connectivity index (χ0n) is 13.2. The van der Waals surface area contributed by atoms with Crippen LogP contribution in [0.25, 0.3) is 11.1 Å². The highest BCUT2D eigenvalue weighted by molar-refractivity contribution is 6.01. The molecule has 0 spiro atoms. The van der Waals surface area contributed by atoms with Crippen LogP contribution in [-0.2, 0) is 0 Å². The van der Waals surface area contributed by atoms with Gasteiger partial charge in [-0.2, -0.15) is 10.1 Å². The second kappa shape index (κ2) is 6.39. The molecule has 0 aliphatic carbocycles. The van der Waals surface area contributed by atoms with Crippen molar-refractivity contribution in [1.29, 1.82) is 0 Å².